The Labute approximate surface area is 87.1 Å². The van der Waals surface area contributed by atoms with Crippen molar-refractivity contribution in [2.24, 2.45) is 0 Å². The zero-order chi connectivity index (χ0) is 10.8. The Morgan fingerprint density at radius 3 is 3.07 bits per heavy atom. The predicted molar refractivity (Wildman–Crippen MR) is 53.9 cm³/mol. The van der Waals surface area contributed by atoms with E-state index in [-0.39, 0.29) is 11.9 Å². The second-order valence-electron chi connectivity index (χ2n) is 3.61. The normalized spacial score (nSPS) is 20.8. The number of nitrogens with one attached hydrogen (secondary N) is 1. The van der Waals surface area contributed by atoms with Gasteiger partial charge in [0.25, 0.3) is 0 Å². The molecule has 1 atom stereocenters. The number of aromatic nitrogens is 1. The number of anilines is 1. The first-order valence-corrected chi connectivity index (χ1v) is 4.80. The number of amides is 1. The molecule has 1 saturated heterocycles. The van der Waals surface area contributed by atoms with Gasteiger partial charge in [-0.15, -0.1) is 0 Å². The summed E-state index contributed by atoms with van der Waals surface area (Å²) in [6.45, 7) is 0.740. The molecule has 4 nitrogen and oxygen atoms in total. The summed E-state index contributed by atoms with van der Waals surface area (Å²) in [5.74, 6) is -0.494. The van der Waals surface area contributed by atoms with Crippen LogP contribution in [0.5, 0.6) is 0 Å². The Morgan fingerprint density at radius 1 is 1.67 bits per heavy atom. The van der Waals surface area contributed by atoms with Gasteiger partial charge in [0, 0.05) is 31.5 Å². The highest BCUT2D eigenvalue weighted by Crippen LogP contribution is 2.15. The van der Waals surface area contributed by atoms with Crippen molar-refractivity contribution in [3.8, 4) is 0 Å². The fourth-order valence-electron chi connectivity index (χ4n) is 1.65. The number of nitrogens with zero attached hydrogens (tertiary/aromatic N) is 2. The molecule has 0 saturated carbocycles. The molecule has 1 aromatic rings. The highest BCUT2D eigenvalue weighted by atomic mass is 19.1. The third kappa shape index (κ3) is 2.06. The van der Waals surface area contributed by atoms with Gasteiger partial charge in [-0.3, -0.25) is 4.79 Å². The van der Waals surface area contributed by atoms with Crippen molar-refractivity contribution < 1.29 is 9.18 Å². The predicted octanol–water partition coefficient (Wildman–Crippen LogP) is 0.863. The maximum Gasteiger partial charge on any atom is 0.244 e. The lowest BCUT2D eigenvalue weighted by molar-refractivity contribution is -0.127. The van der Waals surface area contributed by atoms with Crippen LogP contribution in [0, 0.1) is 5.95 Å². The molecule has 1 amide bonds. The number of hydrogen-bond donors (Lipinski definition) is 1. The monoisotopic (exact) mass is 209 g/mol. The zero-order valence-electron chi connectivity index (χ0n) is 8.40. The molecule has 1 aromatic heterocycles. The van der Waals surface area contributed by atoms with Gasteiger partial charge in [-0.1, -0.05) is 0 Å². The van der Waals surface area contributed by atoms with E-state index in [1.807, 2.05) is 0 Å². The minimum absolute atomic E-state index is 0.0484. The molecule has 5 heteroatoms. The maximum atomic E-state index is 12.8. The van der Waals surface area contributed by atoms with Crippen LogP contribution in [0.25, 0.3) is 0 Å². The van der Waals surface area contributed by atoms with Crippen LogP contribution in [0.1, 0.15) is 6.42 Å². The van der Waals surface area contributed by atoms with Gasteiger partial charge in [-0.25, -0.2) is 4.98 Å². The van der Waals surface area contributed by atoms with Crippen LogP contribution < -0.4 is 5.32 Å². The minimum Gasteiger partial charge on any atom is -0.373 e. The Hall–Kier alpha value is -1.65. The molecule has 80 valence electrons. The van der Waals surface area contributed by atoms with Crippen molar-refractivity contribution in [2.45, 2.75) is 12.5 Å². The van der Waals surface area contributed by atoms with Gasteiger partial charge in [-0.2, -0.15) is 4.39 Å². The first-order valence-electron chi connectivity index (χ1n) is 4.80. The average molecular weight is 209 g/mol. The van der Waals surface area contributed by atoms with Crippen LogP contribution in [0.2, 0.25) is 0 Å². The third-order valence-corrected chi connectivity index (χ3v) is 2.49. The summed E-state index contributed by atoms with van der Waals surface area (Å²) in [5, 5.41) is 2.99. The quantitative estimate of drug-likeness (QED) is 0.735. The number of halogens is 1. The van der Waals surface area contributed by atoms with Crippen molar-refractivity contribution in [1.82, 2.24) is 9.88 Å². The molecular formula is C10H12FN3O. The maximum absolute atomic E-state index is 12.8. The lowest BCUT2D eigenvalue weighted by atomic mass is 10.2. The zero-order valence-corrected chi connectivity index (χ0v) is 8.40. The average Bonchev–Trinajstić information content (AvgIpc) is 2.50. The summed E-state index contributed by atoms with van der Waals surface area (Å²) < 4.78 is 12.8. The van der Waals surface area contributed by atoms with E-state index < -0.39 is 5.95 Å². The molecule has 1 N–H and O–H groups in total. The summed E-state index contributed by atoms with van der Waals surface area (Å²) in [6, 6.07) is 2.69. The number of pyridine rings is 1. The third-order valence-electron chi connectivity index (χ3n) is 2.49. The van der Waals surface area contributed by atoms with Gasteiger partial charge in [-0.05, 0) is 12.5 Å². The second kappa shape index (κ2) is 3.84. The van der Waals surface area contributed by atoms with Gasteiger partial charge in [0.2, 0.25) is 11.9 Å². The summed E-state index contributed by atoms with van der Waals surface area (Å²) in [5.41, 5.74) is 0.594. The highest BCUT2D eigenvalue weighted by Gasteiger charge is 2.28. The van der Waals surface area contributed by atoms with Gasteiger partial charge in [0.15, 0.2) is 0 Å². The van der Waals surface area contributed by atoms with Crippen LogP contribution >= 0.6 is 0 Å². The lowest BCUT2D eigenvalue weighted by Gasteiger charge is -2.13. The molecule has 2 heterocycles. The number of likely N-dealkylation sites (N-methyl/N-ethyl adjacent to an activating group) is 1. The highest BCUT2D eigenvalue weighted by molar-refractivity contribution is 5.86. The molecule has 0 aliphatic carbocycles. The summed E-state index contributed by atoms with van der Waals surface area (Å²) >= 11 is 0. The van der Waals surface area contributed by atoms with Gasteiger partial charge in [0.05, 0.1) is 0 Å². The van der Waals surface area contributed by atoms with E-state index in [0.29, 0.717) is 5.69 Å². The molecule has 1 aliphatic heterocycles. The molecule has 0 spiro atoms. The topological polar surface area (TPSA) is 45.2 Å². The molecule has 0 aromatic carbocycles. The standard InChI is InChI=1S/C10H12FN3O/c1-14-5-3-8(10(14)15)13-7-2-4-12-9(11)6-7/h2,4,6,8H,3,5H2,1H3,(H,12,13). The van der Waals surface area contributed by atoms with Crippen LogP contribution in [0.3, 0.4) is 0 Å². The van der Waals surface area contributed by atoms with E-state index in [1.54, 1.807) is 18.0 Å². The van der Waals surface area contributed by atoms with Crippen molar-refractivity contribution in [2.75, 3.05) is 18.9 Å². The Morgan fingerprint density at radius 2 is 2.47 bits per heavy atom. The summed E-state index contributed by atoms with van der Waals surface area (Å²) in [6.07, 6.45) is 2.13. The van der Waals surface area contributed by atoms with Crippen LogP contribution in [0.4, 0.5) is 10.1 Å². The smallest absolute Gasteiger partial charge is 0.244 e. The minimum atomic E-state index is -0.543. The van der Waals surface area contributed by atoms with Crippen LogP contribution in [-0.4, -0.2) is 35.4 Å². The number of carbonyl (C=O) groups excluding carboxylic acids is 1. The fourth-order valence-corrected chi connectivity index (χ4v) is 1.65. The second-order valence-corrected chi connectivity index (χ2v) is 3.61. The number of rotatable bonds is 2. The first-order chi connectivity index (χ1) is 7.16. The number of carbonyl (C=O) groups is 1. The Kier molecular flexibility index (Phi) is 2.53. The van der Waals surface area contributed by atoms with E-state index in [0.717, 1.165) is 13.0 Å². The van der Waals surface area contributed by atoms with Gasteiger partial charge in [0.1, 0.15) is 6.04 Å². The van der Waals surface area contributed by atoms with E-state index >= 15 is 0 Å². The van der Waals surface area contributed by atoms with E-state index in [1.165, 1.54) is 12.3 Å². The molecule has 1 unspecified atom stereocenters. The molecule has 2 rings (SSSR count). The lowest BCUT2D eigenvalue weighted by Crippen LogP contribution is -2.30. The van der Waals surface area contributed by atoms with Crippen molar-refractivity contribution in [3.05, 3.63) is 24.3 Å². The van der Waals surface area contributed by atoms with E-state index in [2.05, 4.69) is 10.3 Å². The molecule has 0 radical (unpaired) electrons. The van der Waals surface area contributed by atoms with Crippen LogP contribution in [0.15, 0.2) is 18.3 Å². The number of likely N-dealkylation sites (tertiary alicyclic amines) is 1. The molecule has 15 heavy (non-hydrogen) atoms. The van der Waals surface area contributed by atoms with E-state index in [4.69, 9.17) is 0 Å². The van der Waals surface area contributed by atoms with E-state index in [9.17, 15) is 9.18 Å². The molecular weight excluding hydrogens is 197 g/mol. The Bertz CT molecular complexity index is 383. The van der Waals surface area contributed by atoms with Crippen molar-refractivity contribution >= 4 is 11.6 Å². The largest absolute Gasteiger partial charge is 0.373 e. The number of hydrogen-bond acceptors (Lipinski definition) is 3. The summed E-state index contributed by atoms with van der Waals surface area (Å²) in [7, 11) is 1.76. The van der Waals surface area contributed by atoms with Gasteiger partial charge >= 0.3 is 0 Å². The first kappa shape index (κ1) is 9.89. The molecule has 1 fully saturated rings. The Balaban J connectivity index is 2.06. The van der Waals surface area contributed by atoms with Crippen molar-refractivity contribution in [3.63, 3.8) is 0 Å². The SMILES string of the molecule is CN1CCC(Nc2ccnc(F)c2)C1=O. The fraction of sp³-hybridized carbons (Fsp3) is 0.400. The van der Waals surface area contributed by atoms with Crippen molar-refractivity contribution in [1.29, 1.82) is 0 Å². The molecule has 0 bridgehead atoms. The molecule has 1 aliphatic rings. The summed E-state index contributed by atoms with van der Waals surface area (Å²) in [4.78, 5) is 16.7. The van der Waals surface area contributed by atoms with Gasteiger partial charge < -0.3 is 10.2 Å². The van der Waals surface area contributed by atoms with Crippen LogP contribution in [-0.2, 0) is 4.79 Å².